The molecule has 1 aliphatic carbocycles. The molecule has 3 rings (SSSR count). The molecule has 0 heterocycles. The summed E-state index contributed by atoms with van der Waals surface area (Å²) < 4.78 is 76.9. The van der Waals surface area contributed by atoms with Crippen molar-refractivity contribution in [2.45, 2.75) is 57.5 Å². The summed E-state index contributed by atoms with van der Waals surface area (Å²) >= 11 is 0. The molecule has 1 fully saturated rings. The van der Waals surface area contributed by atoms with Crippen molar-refractivity contribution in [2.75, 3.05) is 0 Å². The van der Waals surface area contributed by atoms with Crippen molar-refractivity contribution in [3.8, 4) is 11.5 Å². The minimum absolute atomic E-state index is 0. The van der Waals surface area contributed by atoms with Gasteiger partial charge in [0.05, 0.1) is 23.2 Å². The zero-order chi connectivity index (χ0) is 30.0. The number of halogens is 6. The SMILES string of the molecule is CC(=O)[O-].CC(=O)[O-].Oc1ccc(C(F)(F)F)cc1C=NC1CCC(N=Cc2cc(C(F)(F)F)ccc2O)C1.[Co+2]. The third-order valence-electron chi connectivity index (χ3n) is 4.94. The fourth-order valence-electron chi connectivity index (χ4n) is 3.25. The molecule has 1 saturated carbocycles. The van der Waals surface area contributed by atoms with Crippen LogP contribution in [0.3, 0.4) is 0 Å². The molecule has 221 valence electrons. The Bertz CT molecular complexity index is 1100. The topological polar surface area (TPSA) is 145 Å². The molecule has 0 aliphatic heterocycles. The largest absolute Gasteiger partial charge is 2.00 e. The second-order valence-electron chi connectivity index (χ2n) is 8.20. The Morgan fingerprint density at radius 1 is 0.775 bits per heavy atom. The first-order chi connectivity index (χ1) is 17.9. The van der Waals surface area contributed by atoms with Gasteiger partial charge in [-0.1, -0.05) is 0 Å². The van der Waals surface area contributed by atoms with Crippen molar-refractivity contribution in [1.29, 1.82) is 0 Å². The maximum absolute atomic E-state index is 12.8. The van der Waals surface area contributed by atoms with Crippen LogP contribution in [-0.4, -0.2) is 46.7 Å². The molecule has 0 bridgehead atoms. The average Bonchev–Trinajstić information content (AvgIpc) is 3.23. The maximum atomic E-state index is 12.8. The molecule has 0 spiro atoms. The number of aliphatic carboxylic acids is 2. The van der Waals surface area contributed by atoms with Crippen LogP contribution in [-0.2, 0) is 38.7 Å². The number of aliphatic imine (C=N–C) groups is 2. The monoisotopic (exact) mass is 621 g/mol. The van der Waals surface area contributed by atoms with Crippen molar-refractivity contribution in [2.24, 2.45) is 9.98 Å². The van der Waals surface area contributed by atoms with Gasteiger partial charge in [-0.25, -0.2) is 0 Å². The molecule has 0 amide bonds. The summed E-state index contributed by atoms with van der Waals surface area (Å²) in [6.07, 6.45) is -5.14. The Morgan fingerprint density at radius 3 is 1.35 bits per heavy atom. The molecule has 1 radical (unpaired) electrons. The molecule has 1 aliphatic rings. The number of alkyl halides is 6. The van der Waals surface area contributed by atoms with Gasteiger partial charge in [0, 0.05) is 35.5 Å². The van der Waals surface area contributed by atoms with Crippen LogP contribution in [0.2, 0.25) is 0 Å². The van der Waals surface area contributed by atoms with Gasteiger partial charge in [-0.2, -0.15) is 26.3 Å². The summed E-state index contributed by atoms with van der Waals surface area (Å²) in [5, 5.41) is 37.3. The van der Waals surface area contributed by atoms with Crippen LogP contribution < -0.4 is 10.2 Å². The van der Waals surface area contributed by atoms with E-state index >= 15 is 0 Å². The second-order valence-corrected chi connectivity index (χ2v) is 8.20. The summed E-state index contributed by atoms with van der Waals surface area (Å²) in [7, 11) is 0. The molecular weight excluding hydrogens is 597 g/mol. The molecule has 2 aromatic rings. The van der Waals surface area contributed by atoms with Crippen LogP contribution >= 0.6 is 0 Å². The standard InChI is InChI=1S/C21H18F6N2O2.2C2H4O2.Co/c22-20(23,24)14-1-5-18(30)12(7-14)10-28-16-3-4-17(9-16)29-11-13-8-15(21(25,26)27)2-6-19(13)31;2*1-2(3)4;/h1-2,5-8,10-11,16-17,30-31H,3-4,9H2;2*1H3,(H,3,4);/q;;;+2/p-2. The number of carbonyl (C=O) groups excluding carboxylic acids is 2. The van der Waals surface area contributed by atoms with E-state index in [-0.39, 0.29) is 51.5 Å². The number of hydrogen-bond acceptors (Lipinski definition) is 8. The second kappa shape index (κ2) is 15.9. The Labute approximate surface area is 235 Å². The van der Waals surface area contributed by atoms with Gasteiger partial charge in [-0.05, 0) is 69.5 Å². The number of phenolic OH excluding ortho intramolecular Hbond substituents is 2. The summed E-state index contributed by atoms with van der Waals surface area (Å²) in [5.74, 6) is -2.83. The molecule has 2 aromatic carbocycles. The number of rotatable bonds is 4. The normalized spacial score (nSPS) is 16.9. The summed E-state index contributed by atoms with van der Waals surface area (Å²) in [6.45, 7) is 1.94. The number of benzene rings is 2. The molecule has 15 heteroatoms. The molecule has 8 nitrogen and oxygen atoms in total. The Balaban J connectivity index is 0.00000149. The number of hydrogen-bond donors (Lipinski definition) is 2. The third-order valence-corrected chi connectivity index (χ3v) is 4.94. The zero-order valence-corrected chi connectivity index (χ0v) is 22.0. The first kappa shape index (κ1) is 36.4. The van der Waals surface area contributed by atoms with Crippen molar-refractivity contribution in [3.63, 3.8) is 0 Å². The molecular formula is C25H24CoF6N2O6. The smallest absolute Gasteiger partial charge is 0.550 e. The van der Waals surface area contributed by atoms with E-state index in [1.54, 1.807) is 0 Å². The predicted octanol–water partition coefficient (Wildman–Crippen LogP) is 3.10. The van der Waals surface area contributed by atoms with Crippen LogP contribution in [0.5, 0.6) is 11.5 Å². The van der Waals surface area contributed by atoms with Crippen molar-refractivity contribution in [3.05, 3.63) is 58.7 Å². The first-order valence-corrected chi connectivity index (χ1v) is 11.1. The van der Waals surface area contributed by atoms with E-state index < -0.39 is 35.4 Å². The van der Waals surface area contributed by atoms with Crippen LogP contribution in [0, 0.1) is 0 Å². The van der Waals surface area contributed by atoms with Crippen LogP contribution in [0.1, 0.15) is 55.4 Å². The van der Waals surface area contributed by atoms with Gasteiger partial charge in [-0.15, -0.1) is 0 Å². The Hall–Kier alpha value is -3.59. The fourth-order valence-corrected chi connectivity index (χ4v) is 3.25. The van der Waals surface area contributed by atoms with E-state index in [2.05, 4.69) is 9.98 Å². The number of carbonyl (C=O) groups is 2. The van der Waals surface area contributed by atoms with Crippen molar-refractivity contribution < 1.29 is 73.1 Å². The van der Waals surface area contributed by atoms with Gasteiger partial charge in [0.15, 0.2) is 0 Å². The predicted molar refractivity (Wildman–Crippen MR) is 124 cm³/mol. The van der Waals surface area contributed by atoms with Crippen LogP contribution in [0.15, 0.2) is 46.4 Å². The van der Waals surface area contributed by atoms with E-state index in [9.17, 15) is 36.6 Å². The first-order valence-electron chi connectivity index (χ1n) is 11.1. The number of carboxylic acid groups (broad SMARTS) is 2. The van der Waals surface area contributed by atoms with Crippen LogP contribution in [0.4, 0.5) is 26.3 Å². The number of aromatic hydroxyl groups is 2. The quantitative estimate of drug-likeness (QED) is 0.397. The van der Waals surface area contributed by atoms with Crippen molar-refractivity contribution in [1.82, 2.24) is 0 Å². The summed E-state index contributed by atoms with van der Waals surface area (Å²) in [5.41, 5.74) is -1.92. The number of nitrogens with zero attached hydrogens (tertiary/aromatic N) is 2. The molecule has 2 N–H and O–H groups in total. The van der Waals surface area contributed by atoms with Crippen molar-refractivity contribution >= 4 is 24.4 Å². The third kappa shape index (κ3) is 13.5. The molecule has 0 aromatic heterocycles. The van der Waals surface area contributed by atoms with E-state index in [4.69, 9.17) is 19.8 Å². The minimum Gasteiger partial charge on any atom is -0.550 e. The minimum atomic E-state index is -4.54. The summed E-state index contributed by atoms with van der Waals surface area (Å²) in [4.78, 5) is 26.2. The van der Waals surface area contributed by atoms with Gasteiger partial charge in [0.1, 0.15) is 11.5 Å². The number of carboxylic acids is 2. The summed E-state index contributed by atoms with van der Waals surface area (Å²) in [6, 6.07) is 4.55. The average molecular weight is 621 g/mol. The van der Waals surface area contributed by atoms with Gasteiger partial charge in [0.25, 0.3) is 0 Å². The van der Waals surface area contributed by atoms with Gasteiger partial charge in [-0.3, -0.25) is 9.98 Å². The van der Waals surface area contributed by atoms with E-state index in [1.165, 1.54) is 12.4 Å². The maximum Gasteiger partial charge on any atom is 2.00 e. The molecule has 2 unspecified atom stereocenters. The molecule has 0 saturated heterocycles. The molecule has 2 atom stereocenters. The van der Waals surface area contributed by atoms with E-state index in [0.29, 0.717) is 19.3 Å². The van der Waals surface area contributed by atoms with Gasteiger partial charge in [0.2, 0.25) is 0 Å². The van der Waals surface area contributed by atoms with Crippen LogP contribution in [0.25, 0.3) is 0 Å². The van der Waals surface area contributed by atoms with Gasteiger partial charge >= 0.3 is 29.1 Å². The van der Waals surface area contributed by atoms with E-state index in [1.807, 2.05) is 0 Å². The fraction of sp³-hybridized carbons (Fsp3) is 0.360. The van der Waals surface area contributed by atoms with E-state index in [0.717, 1.165) is 50.2 Å². The molecule has 40 heavy (non-hydrogen) atoms. The Morgan fingerprint density at radius 2 is 1.07 bits per heavy atom. The Kier molecular flexibility index (Phi) is 14.4. The zero-order valence-electron chi connectivity index (χ0n) is 20.9. The number of phenols is 2. The van der Waals surface area contributed by atoms with Gasteiger partial charge < -0.3 is 30.0 Å².